The molecule has 29 heavy (non-hydrogen) atoms. The molecule has 6 bridgehead atoms. The van der Waals surface area contributed by atoms with Gasteiger partial charge in [0.2, 0.25) is 0 Å². The topological polar surface area (TPSA) is 121 Å². The smallest absolute Gasteiger partial charge is 0.407 e. The number of nitrogens with zero attached hydrogens (tertiary/aromatic N) is 2. The van der Waals surface area contributed by atoms with Crippen LogP contribution in [0.4, 0.5) is 20.8 Å². The fourth-order valence-electron chi connectivity index (χ4n) is 3.64. The van der Waals surface area contributed by atoms with Crippen LogP contribution in [0.15, 0.2) is 18.2 Å². The van der Waals surface area contributed by atoms with Crippen molar-refractivity contribution in [2.24, 2.45) is 0 Å². The summed E-state index contributed by atoms with van der Waals surface area (Å²) in [6.07, 6.45) is 3.17. The third-order valence-corrected chi connectivity index (χ3v) is 5.18. The fourth-order valence-corrected chi connectivity index (χ4v) is 3.64. The highest BCUT2D eigenvalue weighted by Crippen LogP contribution is 2.36. The highest BCUT2D eigenvalue weighted by Gasteiger charge is 2.30. The molecule has 0 aromatic carbocycles. The molecule has 0 radical (unpaired) electrons. The quantitative estimate of drug-likeness (QED) is 0.537. The molecule has 0 spiro atoms. The van der Waals surface area contributed by atoms with Gasteiger partial charge in [0.15, 0.2) is 17.5 Å². The molecule has 1 fully saturated rings. The number of aromatic nitrogens is 3. The summed E-state index contributed by atoms with van der Waals surface area (Å²) in [6.45, 7) is 0.891. The molecule has 2 aliphatic rings. The highest BCUT2D eigenvalue weighted by molar-refractivity contribution is 5.92. The minimum absolute atomic E-state index is 0.0592. The minimum atomic E-state index is -0.573. The van der Waals surface area contributed by atoms with Gasteiger partial charge in [0.05, 0.1) is 0 Å². The number of carbonyl (C=O) groups excluding carboxylic acids is 2. The van der Waals surface area contributed by atoms with E-state index in [4.69, 9.17) is 4.74 Å². The molecule has 2 atom stereocenters. The lowest BCUT2D eigenvalue weighted by Gasteiger charge is -2.13. The maximum atomic E-state index is 14.2. The van der Waals surface area contributed by atoms with Crippen LogP contribution in [0.25, 0.3) is 0 Å². The van der Waals surface area contributed by atoms with Gasteiger partial charge >= 0.3 is 6.09 Å². The molecule has 9 nitrogen and oxygen atoms in total. The number of pyridine rings is 1. The Morgan fingerprint density at radius 1 is 1.10 bits per heavy atom. The van der Waals surface area contributed by atoms with Crippen LogP contribution in [0.3, 0.4) is 0 Å². The Bertz CT molecular complexity index is 902. The van der Waals surface area contributed by atoms with Crippen molar-refractivity contribution in [2.75, 3.05) is 18.4 Å². The number of fused-ring (bicyclic) bond motifs is 7. The minimum Gasteiger partial charge on any atom is -0.446 e. The first kappa shape index (κ1) is 19.2. The van der Waals surface area contributed by atoms with Gasteiger partial charge in [-0.25, -0.2) is 14.2 Å². The maximum Gasteiger partial charge on any atom is 0.407 e. The van der Waals surface area contributed by atoms with Gasteiger partial charge in [-0.05, 0) is 44.2 Å². The number of amides is 2. The van der Waals surface area contributed by atoms with Gasteiger partial charge in [0.25, 0.3) is 5.91 Å². The molecule has 2 aromatic rings. The molecule has 2 amide bonds. The SMILES string of the molecule is O=C1NCCCCNC(=O)c2ccc(F)c(n2)Nc2cc([nH]n2)[C@H]2CC[C@H](C2)O1. The van der Waals surface area contributed by atoms with Crippen LogP contribution < -0.4 is 16.0 Å². The number of rotatable bonds is 0. The Morgan fingerprint density at radius 3 is 2.79 bits per heavy atom. The van der Waals surface area contributed by atoms with E-state index in [0.717, 1.165) is 18.5 Å². The van der Waals surface area contributed by atoms with E-state index in [2.05, 4.69) is 31.1 Å². The summed E-state index contributed by atoms with van der Waals surface area (Å²) in [5.74, 6) is -0.442. The number of H-pyrrole nitrogens is 1. The molecule has 0 saturated heterocycles. The van der Waals surface area contributed by atoms with Crippen molar-refractivity contribution in [1.29, 1.82) is 0 Å². The second-order valence-electron chi connectivity index (χ2n) is 7.29. The zero-order valence-electron chi connectivity index (χ0n) is 15.8. The first-order chi connectivity index (χ1) is 14.1. The van der Waals surface area contributed by atoms with E-state index in [1.807, 2.05) is 0 Å². The molecular weight excluding hydrogens is 379 g/mol. The Kier molecular flexibility index (Phi) is 5.59. The Hall–Kier alpha value is -3.17. The van der Waals surface area contributed by atoms with Crippen molar-refractivity contribution in [3.05, 3.63) is 35.4 Å². The molecule has 0 unspecified atom stereocenters. The Labute approximate surface area is 166 Å². The van der Waals surface area contributed by atoms with Crippen molar-refractivity contribution in [3.63, 3.8) is 0 Å². The lowest BCUT2D eigenvalue weighted by atomic mass is 10.0. The van der Waals surface area contributed by atoms with Crippen LogP contribution in [-0.2, 0) is 4.74 Å². The molecule has 4 rings (SSSR count). The van der Waals surface area contributed by atoms with E-state index < -0.39 is 17.8 Å². The third kappa shape index (κ3) is 4.64. The van der Waals surface area contributed by atoms with Crippen molar-refractivity contribution in [2.45, 2.75) is 44.1 Å². The van der Waals surface area contributed by atoms with Crippen molar-refractivity contribution in [3.8, 4) is 0 Å². The van der Waals surface area contributed by atoms with Crippen LogP contribution in [0.5, 0.6) is 0 Å². The van der Waals surface area contributed by atoms with E-state index in [9.17, 15) is 14.0 Å². The molecule has 4 N–H and O–H groups in total. The molecule has 1 aliphatic carbocycles. The highest BCUT2D eigenvalue weighted by atomic mass is 19.1. The predicted molar refractivity (Wildman–Crippen MR) is 102 cm³/mol. The number of aromatic amines is 1. The van der Waals surface area contributed by atoms with Gasteiger partial charge in [-0.3, -0.25) is 9.89 Å². The lowest BCUT2D eigenvalue weighted by Crippen LogP contribution is -2.30. The molecule has 1 saturated carbocycles. The number of hydrogen-bond donors (Lipinski definition) is 4. The van der Waals surface area contributed by atoms with Gasteiger partial charge in [0, 0.05) is 30.8 Å². The van der Waals surface area contributed by atoms with Crippen LogP contribution in [0, 0.1) is 5.82 Å². The average Bonchev–Trinajstić information content (AvgIpc) is 3.35. The average molecular weight is 402 g/mol. The van der Waals surface area contributed by atoms with Crippen molar-refractivity contribution < 1.29 is 18.7 Å². The summed E-state index contributed by atoms with van der Waals surface area (Å²) in [5.41, 5.74) is 0.995. The molecule has 1 aliphatic heterocycles. The number of halogens is 1. The number of nitrogens with one attached hydrogen (secondary N) is 4. The van der Waals surface area contributed by atoms with E-state index in [1.165, 1.54) is 12.1 Å². The summed E-state index contributed by atoms with van der Waals surface area (Å²) in [7, 11) is 0. The molecule has 154 valence electrons. The number of ether oxygens (including phenoxy) is 1. The van der Waals surface area contributed by atoms with E-state index >= 15 is 0 Å². The van der Waals surface area contributed by atoms with E-state index in [1.54, 1.807) is 6.07 Å². The molecule has 3 heterocycles. The molecule has 2 aromatic heterocycles. The van der Waals surface area contributed by atoms with Crippen molar-refractivity contribution >= 4 is 23.6 Å². The summed E-state index contributed by atoms with van der Waals surface area (Å²) >= 11 is 0. The van der Waals surface area contributed by atoms with Gasteiger partial charge in [-0.1, -0.05) is 0 Å². The summed E-state index contributed by atoms with van der Waals surface area (Å²) in [5, 5.41) is 15.4. The van der Waals surface area contributed by atoms with Crippen LogP contribution in [0.1, 0.15) is 54.2 Å². The van der Waals surface area contributed by atoms with Crippen LogP contribution >= 0.6 is 0 Å². The summed E-state index contributed by atoms with van der Waals surface area (Å²) < 4.78 is 19.7. The number of anilines is 2. The largest absolute Gasteiger partial charge is 0.446 e. The van der Waals surface area contributed by atoms with Gasteiger partial charge in [-0.2, -0.15) is 5.10 Å². The first-order valence-corrected chi connectivity index (χ1v) is 9.80. The number of hydrogen-bond acceptors (Lipinski definition) is 6. The number of carbonyl (C=O) groups is 2. The monoisotopic (exact) mass is 402 g/mol. The molecule has 10 heteroatoms. The van der Waals surface area contributed by atoms with Gasteiger partial charge in [-0.15, -0.1) is 0 Å². The van der Waals surface area contributed by atoms with E-state index in [0.29, 0.717) is 38.2 Å². The second-order valence-corrected chi connectivity index (χ2v) is 7.29. The maximum absolute atomic E-state index is 14.2. The Balaban J connectivity index is 1.55. The number of alkyl carbamates (subject to hydrolysis) is 1. The predicted octanol–water partition coefficient (Wildman–Crippen LogP) is 2.57. The lowest BCUT2D eigenvalue weighted by molar-refractivity contribution is 0.0944. The molecular formula is C19H23FN6O3. The van der Waals surface area contributed by atoms with E-state index in [-0.39, 0.29) is 23.5 Å². The van der Waals surface area contributed by atoms with Crippen molar-refractivity contribution in [1.82, 2.24) is 25.8 Å². The second kappa shape index (κ2) is 8.46. The zero-order chi connectivity index (χ0) is 20.2. The van der Waals surface area contributed by atoms with Gasteiger partial charge in [0.1, 0.15) is 11.8 Å². The van der Waals surface area contributed by atoms with Crippen LogP contribution in [0.2, 0.25) is 0 Å². The Morgan fingerprint density at radius 2 is 1.93 bits per heavy atom. The fraction of sp³-hybridized carbons (Fsp3) is 0.474. The van der Waals surface area contributed by atoms with Gasteiger partial charge < -0.3 is 20.7 Å². The third-order valence-electron chi connectivity index (χ3n) is 5.18. The first-order valence-electron chi connectivity index (χ1n) is 9.80. The zero-order valence-corrected chi connectivity index (χ0v) is 15.8. The summed E-state index contributed by atoms with van der Waals surface area (Å²) in [6, 6.07) is 4.33. The normalized spacial score (nSPS) is 22.9. The summed E-state index contributed by atoms with van der Waals surface area (Å²) in [4.78, 5) is 28.3. The standard InChI is InChI=1S/C19H23FN6O3/c20-13-5-6-14-18(27)21-7-1-2-8-22-19(28)29-12-4-3-11(9-12)15-10-16(26-25-15)24-17(13)23-14/h5-6,10-12H,1-4,7-9H2,(H,21,27)(H,22,28)(H2,23,24,25,26)/t11-,12+/m0/s1. The van der Waals surface area contributed by atoms with Crippen LogP contribution in [-0.4, -0.2) is 46.4 Å².